The normalized spacial score (nSPS) is 11.8. The van der Waals surface area contributed by atoms with Crippen molar-refractivity contribution in [1.29, 1.82) is 0 Å². The number of aromatic nitrogens is 3. The number of aliphatic hydroxyl groups excluding tert-OH is 1. The van der Waals surface area contributed by atoms with Gasteiger partial charge in [0.25, 0.3) is 0 Å². The van der Waals surface area contributed by atoms with Gasteiger partial charge in [-0.05, 0) is 43.3 Å². The SMILES string of the molecule is C[C@@H](CO)Nc1nc(Nc2ccc(F)cc2)cc(-c2cccnc2)n1. The Morgan fingerprint density at radius 1 is 1.16 bits per heavy atom. The number of pyridine rings is 1. The molecule has 0 saturated carbocycles. The lowest BCUT2D eigenvalue weighted by atomic mass is 10.2. The van der Waals surface area contributed by atoms with E-state index >= 15 is 0 Å². The molecule has 0 saturated heterocycles. The summed E-state index contributed by atoms with van der Waals surface area (Å²) in [6.07, 6.45) is 3.40. The summed E-state index contributed by atoms with van der Waals surface area (Å²) < 4.78 is 13.1. The topological polar surface area (TPSA) is 83.0 Å². The Morgan fingerprint density at radius 2 is 1.96 bits per heavy atom. The number of rotatable bonds is 6. The van der Waals surface area contributed by atoms with Gasteiger partial charge in [0.1, 0.15) is 11.6 Å². The summed E-state index contributed by atoms with van der Waals surface area (Å²) in [5.74, 6) is 0.629. The molecule has 3 aromatic rings. The molecule has 25 heavy (non-hydrogen) atoms. The summed E-state index contributed by atoms with van der Waals surface area (Å²) >= 11 is 0. The first-order valence-electron chi connectivity index (χ1n) is 7.83. The summed E-state index contributed by atoms with van der Waals surface area (Å²) in [4.78, 5) is 13.0. The summed E-state index contributed by atoms with van der Waals surface area (Å²) in [6.45, 7) is 1.79. The van der Waals surface area contributed by atoms with Crippen molar-refractivity contribution in [1.82, 2.24) is 15.0 Å². The third kappa shape index (κ3) is 4.48. The molecule has 0 radical (unpaired) electrons. The fourth-order valence-electron chi connectivity index (χ4n) is 2.19. The fraction of sp³-hybridized carbons (Fsp3) is 0.167. The molecule has 128 valence electrons. The molecule has 0 bridgehead atoms. The average molecular weight is 339 g/mol. The monoisotopic (exact) mass is 339 g/mol. The second kappa shape index (κ2) is 7.67. The summed E-state index contributed by atoms with van der Waals surface area (Å²) in [7, 11) is 0. The van der Waals surface area contributed by atoms with E-state index < -0.39 is 0 Å². The first-order chi connectivity index (χ1) is 12.1. The summed E-state index contributed by atoms with van der Waals surface area (Å²) in [5, 5.41) is 15.4. The number of nitrogens with one attached hydrogen (secondary N) is 2. The van der Waals surface area contributed by atoms with Crippen molar-refractivity contribution in [3.63, 3.8) is 0 Å². The van der Waals surface area contributed by atoms with E-state index in [1.807, 2.05) is 19.1 Å². The molecule has 2 aromatic heterocycles. The van der Waals surface area contributed by atoms with E-state index in [-0.39, 0.29) is 18.5 Å². The quantitative estimate of drug-likeness (QED) is 0.640. The predicted octanol–water partition coefficient (Wildman–Crippen LogP) is 3.21. The van der Waals surface area contributed by atoms with Gasteiger partial charge in [-0.15, -0.1) is 0 Å². The largest absolute Gasteiger partial charge is 0.394 e. The van der Waals surface area contributed by atoms with Crippen molar-refractivity contribution in [2.45, 2.75) is 13.0 Å². The van der Waals surface area contributed by atoms with Crippen LogP contribution in [0.4, 0.5) is 21.8 Å². The number of aliphatic hydroxyl groups is 1. The van der Waals surface area contributed by atoms with Gasteiger partial charge in [0.05, 0.1) is 12.3 Å². The summed E-state index contributed by atoms with van der Waals surface area (Å²) in [5.41, 5.74) is 2.23. The lowest BCUT2D eigenvalue weighted by molar-refractivity contribution is 0.281. The van der Waals surface area contributed by atoms with Gasteiger partial charge in [-0.3, -0.25) is 4.98 Å². The number of nitrogens with zero attached hydrogens (tertiary/aromatic N) is 3. The van der Waals surface area contributed by atoms with Crippen LogP contribution in [0.2, 0.25) is 0 Å². The van der Waals surface area contributed by atoms with Gasteiger partial charge in [-0.25, -0.2) is 9.37 Å². The number of benzene rings is 1. The zero-order valence-corrected chi connectivity index (χ0v) is 13.6. The molecule has 1 aromatic carbocycles. The van der Waals surface area contributed by atoms with Crippen LogP contribution in [0.15, 0.2) is 54.9 Å². The van der Waals surface area contributed by atoms with Crippen LogP contribution < -0.4 is 10.6 Å². The van der Waals surface area contributed by atoms with Crippen LogP contribution in [-0.2, 0) is 0 Å². The van der Waals surface area contributed by atoms with E-state index in [4.69, 9.17) is 0 Å². The second-order valence-electron chi connectivity index (χ2n) is 5.56. The number of hydrogen-bond acceptors (Lipinski definition) is 6. The molecule has 0 aliphatic heterocycles. The van der Waals surface area contributed by atoms with E-state index in [1.54, 1.807) is 30.6 Å². The van der Waals surface area contributed by atoms with Crippen LogP contribution in [0.3, 0.4) is 0 Å². The van der Waals surface area contributed by atoms with E-state index in [0.29, 0.717) is 23.1 Å². The van der Waals surface area contributed by atoms with Crippen LogP contribution in [0.1, 0.15) is 6.92 Å². The first kappa shape index (κ1) is 16.8. The van der Waals surface area contributed by atoms with E-state index in [0.717, 1.165) is 5.56 Å². The van der Waals surface area contributed by atoms with Gasteiger partial charge in [-0.1, -0.05) is 0 Å². The number of hydrogen-bond donors (Lipinski definition) is 3. The highest BCUT2D eigenvalue weighted by atomic mass is 19.1. The summed E-state index contributed by atoms with van der Waals surface area (Å²) in [6, 6.07) is 11.3. The molecule has 0 fully saturated rings. The Hall–Kier alpha value is -3.06. The van der Waals surface area contributed by atoms with Crippen molar-refractivity contribution >= 4 is 17.5 Å². The second-order valence-corrected chi connectivity index (χ2v) is 5.56. The third-order valence-electron chi connectivity index (χ3n) is 3.45. The lowest BCUT2D eigenvalue weighted by Crippen LogP contribution is -2.21. The standard InChI is InChI=1S/C18H18FN5O/c1-12(11-25)21-18-23-16(13-3-2-8-20-10-13)9-17(24-18)22-15-6-4-14(19)5-7-15/h2-10,12,25H,11H2,1H3,(H2,21,22,23,24)/t12-/m0/s1. The van der Waals surface area contributed by atoms with Crippen LogP contribution in [0.25, 0.3) is 11.3 Å². The molecular weight excluding hydrogens is 321 g/mol. The molecule has 7 heteroatoms. The highest BCUT2D eigenvalue weighted by Gasteiger charge is 2.09. The molecule has 3 N–H and O–H groups in total. The van der Waals surface area contributed by atoms with Gasteiger partial charge >= 0.3 is 0 Å². The smallest absolute Gasteiger partial charge is 0.225 e. The van der Waals surface area contributed by atoms with Crippen molar-refractivity contribution in [2.24, 2.45) is 0 Å². The van der Waals surface area contributed by atoms with Gasteiger partial charge in [-0.2, -0.15) is 4.98 Å². The zero-order valence-electron chi connectivity index (χ0n) is 13.6. The molecule has 1 atom stereocenters. The van der Waals surface area contributed by atoms with Crippen molar-refractivity contribution < 1.29 is 9.50 Å². The van der Waals surface area contributed by atoms with Crippen molar-refractivity contribution in [3.05, 3.63) is 60.7 Å². The molecule has 0 aliphatic rings. The zero-order chi connectivity index (χ0) is 17.6. The minimum absolute atomic E-state index is 0.0405. The van der Waals surface area contributed by atoms with Gasteiger partial charge in [0, 0.05) is 35.8 Å². The Kier molecular flexibility index (Phi) is 5.15. The van der Waals surface area contributed by atoms with Crippen LogP contribution in [-0.4, -0.2) is 32.7 Å². The van der Waals surface area contributed by atoms with Gasteiger partial charge < -0.3 is 15.7 Å². The molecule has 0 unspecified atom stereocenters. The highest BCUT2D eigenvalue weighted by molar-refractivity contribution is 5.66. The maximum Gasteiger partial charge on any atom is 0.225 e. The Balaban J connectivity index is 1.95. The Morgan fingerprint density at radius 3 is 2.64 bits per heavy atom. The maximum absolute atomic E-state index is 13.1. The molecule has 2 heterocycles. The van der Waals surface area contributed by atoms with Crippen LogP contribution in [0.5, 0.6) is 0 Å². The molecule has 6 nitrogen and oxygen atoms in total. The van der Waals surface area contributed by atoms with Crippen LogP contribution >= 0.6 is 0 Å². The van der Waals surface area contributed by atoms with Crippen molar-refractivity contribution in [3.8, 4) is 11.3 Å². The minimum Gasteiger partial charge on any atom is -0.394 e. The number of anilines is 3. The highest BCUT2D eigenvalue weighted by Crippen LogP contribution is 2.23. The predicted molar refractivity (Wildman–Crippen MR) is 95.1 cm³/mol. The molecule has 3 rings (SSSR count). The Labute approximate surface area is 144 Å². The molecule has 0 spiro atoms. The van der Waals surface area contributed by atoms with Crippen molar-refractivity contribution in [2.75, 3.05) is 17.2 Å². The molecule has 0 amide bonds. The third-order valence-corrected chi connectivity index (χ3v) is 3.45. The minimum atomic E-state index is -0.302. The van der Waals surface area contributed by atoms with E-state index in [1.165, 1.54) is 12.1 Å². The van der Waals surface area contributed by atoms with E-state index in [2.05, 4.69) is 25.6 Å². The van der Waals surface area contributed by atoms with E-state index in [9.17, 15) is 9.50 Å². The van der Waals surface area contributed by atoms with Gasteiger partial charge in [0.2, 0.25) is 5.95 Å². The lowest BCUT2D eigenvalue weighted by Gasteiger charge is -2.14. The first-order valence-corrected chi connectivity index (χ1v) is 7.83. The Bertz CT molecular complexity index is 827. The molecular formula is C18H18FN5O. The van der Waals surface area contributed by atoms with Crippen LogP contribution in [0, 0.1) is 5.82 Å². The van der Waals surface area contributed by atoms with Gasteiger partial charge in [0.15, 0.2) is 0 Å². The average Bonchev–Trinajstić information content (AvgIpc) is 2.64. The number of halogens is 1. The molecule has 0 aliphatic carbocycles. The fourth-order valence-corrected chi connectivity index (χ4v) is 2.19. The maximum atomic E-state index is 13.1.